The molecule has 0 aliphatic rings. The number of benzene rings is 2. The number of primary sulfonamides is 1. The van der Waals surface area contributed by atoms with Crippen LogP contribution in [0.2, 0.25) is 0 Å². The number of hydrogen-bond donors (Lipinski definition) is 2. The quantitative estimate of drug-likeness (QED) is 0.500. The largest absolute Gasteiger partial charge is 0.490 e. The highest BCUT2D eigenvalue weighted by Crippen LogP contribution is 2.29. The van der Waals surface area contributed by atoms with Crippen molar-refractivity contribution in [3.63, 3.8) is 0 Å². The van der Waals surface area contributed by atoms with Gasteiger partial charge in [-0.1, -0.05) is 19.1 Å². The standard InChI is InChI=1S/C21H26N2O7S/c1-3-11-29-18-10-7-16(12-19(18)28-4-2)21(25)30-14-20(24)23-13-15-5-8-17(9-6-15)31(22,26)27/h5-10,12H,3-4,11,13-14H2,1-2H3,(H,23,24)(H2,22,26,27). The van der Waals surface area contributed by atoms with Crippen molar-refractivity contribution in [1.29, 1.82) is 0 Å². The zero-order chi connectivity index (χ0) is 22.9. The number of carbonyl (C=O) groups excluding carboxylic acids is 2. The van der Waals surface area contributed by atoms with Crippen LogP contribution >= 0.6 is 0 Å². The Morgan fingerprint density at radius 1 is 1.00 bits per heavy atom. The Bertz CT molecular complexity index is 1000. The summed E-state index contributed by atoms with van der Waals surface area (Å²) < 4.78 is 38.6. The summed E-state index contributed by atoms with van der Waals surface area (Å²) in [5, 5.41) is 7.63. The first-order chi connectivity index (χ1) is 14.7. The molecule has 168 valence electrons. The summed E-state index contributed by atoms with van der Waals surface area (Å²) in [6, 6.07) is 10.4. The highest BCUT2D eigenvalue weighted by molar-refractivity contribution is 7.89. The van der Waals surface area contributed by atoms with Crippen molar-refractivity contribution in [2.45, 2.75) is 31.7 Å². The number of rotatable bonds is 11. The molecule has 0 saturated heterocycles. The zero-order valence-corrected chi connectivity index (χ0v) is 18.2. The van der Waals surface area contributed by atoms with Gasteiger partial charge in [0, 0.05) is 6.54 Å². The van der Waals surface area contributed by atoms with Gasteiger partial charge in [0.2, 0.25) is 10.0 Å². The topological polar surface area (TPSA) is 134 Å². The van der Waals surface area contributed by atoms with E-state index < -0.39 is 28.5 Å². The van der Waals surface area contributed by atoms with Crippen LogP contribution in [0.5, 0.6) is 11.5 Å². The summed E-state index contributed by atoms with van der Waals surface area (Å²) in [6.45, 7) is 4.40. The average Bonchev–Trinajstić information content (AvgIpc) is 2.75. The Labute approximate surface area is 181 Å². The summed E-state index contributed by atoms with van der Waals surface area (Å²) >= 11 is 0. The predicted molar refractivity (Wildman–Crippen MR) is 113 cm³/mol. The van der Waals surface area contributed by atoms with Gasteiger partial charge in [0.15, 0.2) is 18.1 Å². The normalized spacial score (nSPS) is 10.9. The second-order valence-electron chi connectivity index (χ2n) is 6.48. The minimum Gasteiger partial charge on any atom is -0.490 e. The molecule has 0 atom stereocenters. The number of amides is 1. The van der Waals surface area contributed by atoms with Crippen molar-refractivity contribution < 1.29 is 32.2 Å². The summed E-state index contributed by atoms with van der Waals surface area (Å²) in [7, 11) is -3.77. The van der Waals surface area contributed by atoms with Gasteiger partial charge in [-0.05, 0) is 49.2 Å². The van der Waals surface area contributed by atoms with E-state index in [4.69, 9.17) is 19.3 Å². The second kappa shape index (κ2) is 11.3. The van der Waals surface area contributed by atoms with E-state index in [0.29, 0.717) is 30.3 Å². The lowest BCUT2D eigenvalue weighted by Crippen LogP contribution is -2.28. The van der Waals surface area contributed by atoms with Crippen molar-refractivity contribution in [3.8, 4) is 11.5 Å². The summed E-state index contributed by atoms with van der Waals surface area (Å²) in [4.78, 5) is 24.2. The van der Waals surface area contributed by atoms with Gasteiger partial charge in [0.25, 0.3) is 5.91 Å². The molecule has 3 N–H and O–H groups in total. The van der Waals surface area contributed by atoms with Crippen molar-refractivity contribution in [2.75, 3.05) is 19.8 Å². The number of esters is 1. The van der Waals surface area contributed by atoms with E-state index in [1.54, 1.807) is 12.1 Å². The van der Waals surface area contributed by atoms with Crippen LogP contribution in [0.15, 0.2) is 47.4 Å². The number of ether oxygens (including phenoxy) is 3. The van der Waals surface area contributed by atoms with Gasteiger partial charge in [-0.3, -0.25) is 4.79 Å². The molecule has 0 radical (unpaired) electrons. The van der Waals surface area contributed by atoms with Crippen molar-refractivity contribution in [2.24, 2.45) is 5.14 Å². The summed E-state index contributed by atoms with van der Waals surface area (Å²) in [6.07, 6.45) is 0.834. The van der Waals surface area contributed by atoms with Crippen LogP contribution in [-0.4, -0.2) is 40.1 Å². The maximum atomic E-state index is 12.3. The van der Waals surface area contributed by atoms with Crippen LogP contribution in [0.1, 0.15) is 36.2 Å². The van der Waals surface area contributed by atoms with Crippen LogP contribution in [0.4, 0.5) is 0 Å². The first-order valence-electron chi connectivity index (χ1n) is 9.69. The predicted octanol–water partition coefficient (Wildman–Crippen LogP) is 1.99. The molecule has 31 heavy (non-hydrogen) atoms. The molecule has 2 rings (SSSR count). The van der Waals surface area contributed by atoms with Crippen LogP contribution in [-0.2, 0) is 26.1 Å². The van der Waals surface area contributed by atoms with Crippen molar-refractivity contribution >= 4 is 21.9 Å². The van der Waals surface area contributed by atoms with Gasteiger partial charge in [-0.2, -0.15) is 0 Å². The van der Waals surface area contributed by atoms with Gasteiger partial charge >= 0.3 is 5.97 Å². The first kappa shape index (κ1) is 24.2. The molecule has 10 heteroatoms. The van der Waals surface area contributed by atoms with E-state index >= 15 is 0 Å². The summed E-state index contributed by atoms with van der Waals surface area (Å²) in [5.74, 6) is -0.211. The SMILES string of the molecule is CCCOc1ccc(C(=O)OCC(=O)NCc2ccc(S(N)(=O)=O)cc2)cc1OCC. The third-order valence-corrected chi connectivity index (χ3v) is 4.95. The Morgan fingerprint density at radius 2 is 1.71 bits per heavy atom. The van der Waals surface area contributed by atoms with Gasteiger partial charge < -0.3 is 19.5 Å². The molecule has 0 unspecified atom stereocenters. The van der Waals surface area contributed by atoms with E-state index in [9.17, 15) is 18.0 Å². The molecule has 0 saturated carbocycles. The third kappa shape index (κ3) is 7.58. The van der Waals surface area contributed by atoms with Gasteiger partial charge in [0.1, 0.15) is 0 Å². The molecule has 2 aromatic rings. The molecule has 0 aliphatic heterocycles. The minimum atomic E-state index is -3.77. The van der Waals surface area contributed by atoms with Gasteiger partial charge in [-0.25, -0.2) is 18.4 Å². The average molecular weight is 451 g/mol. The van der Waals surface area contributed by atoms with Gasteiger partial charge in [-0.15, -0.1) is 0 Å². The van der Waals surface area contributed by atoms with Crippen molar-refractivity contribution in [3.05, 3.63) is 53.6 Å². The lowest BCUT2D eigenvalue weighted by molar-refractivity contribution is -0.124. The fourth-order valence-corrected chi connectivity index (χ4v) is 3.01. The summed E-state index contributed by atoms with van der Waals surface area (Å²) in [5.41, 5.74) is 0.898. The molecule has 0 heterocycles. The Kier molecular flexibility index (Phi) is 8.83. The first-order valence-corrected chi connectivity index (χ1v) is 11.2. The van der Waals surface area contributed by atoms with Crippen molar-refractivity contribution in [1.82, 2.24) is 5.32 Å². The monoisotopic (exact) mass is 450 g/mol. The number of hydrogen-bond acceptors (Lipinski definition) is 7. The maximum Gasteiger partial charge on any atom is 0.338 e. The van der Waals surface area contributed by atoms with Crippen LogP contribution < -0.4 is 19.9 Å². The Hall–Kier alpha value is -3.11. The fourth-order valence-electron chi connectivity index (χ4n) is 2.50. The lowest BCUT2D eigenvalue weighted by atomic mass is 10.2. The number of nitrogens with one attached hydrogen (secondary N) is 1. The molecular formula is C21H26N2O7S. The molecule has 0 spiro atoms. The van der Waals surface area contributed by atoms with Crippen LogP contribution in [0.3, 0.4) is 0 Å². The number of carbonyl (C=O) groups is 2. The van der Waals surface area contributed by atoms with E-state index in [1.807, 2.05) is 13.8 Å². The number of sulfonamides is 1. The fraction of sp³-hybridized carbons (Fsp3) is 0.333. The molecule has 0 aromatic heterocycles. The molecule has 0 fully saturated rings. The second-order valence-corrected chi connectivity index (χ2v) is 8.05. The highest BCUT2D eigenvalue weighted by Gasteiger charge is 2.14. The van der Waals surface area contributed by atoms with E-state index in [1.165, 1.54) is 30.3 Å². The molecule has 2 aromatic carbocycles. The minimum absolute atomic E-state index is 0.0194. The van der Waals surface area contributed by atoms with Crippen LogP contribution in [0.25, 0.3) is 0 Å². The van der Waals surface area contributed by atoms with E-state index in [0.717, 1.165) is 6.42 Å². The molecule has 1 amide bonds. The smallest absolute Gasteiger partial charge is 0.338 e. The Balaban J connectivity index is 1.88. The number of nitrogens with two attached hydrogens (primary N) is 1. The molecule has 0 aliphatic carbocycles. The van der Waals surface area contributed by atoms with E-state index in [-0.39, 0.29) is 17.0 Å². The van der Waals surface area contributed by atoms with Gasteiger partial charge in [0.05, 0.1) is 23.7 Å². The Morgan fingerprint density at radius 3 is 2.32 bits per heavy atom. The maximum absolute atomic E-state index is 12.3. The zero-order valence-electron chi connectivity index (χ0n) is 17.4. The highest BCUT2D eigenvalue weighted by atomic mass is 32.2. The molecular weight excluding hydrogens is 424 g/mol. The molecule has 0 bridgehead atoms. The third-order valence-electron chi connectivity index (χ3n) is 4.02. The van der Waals surface area contributed by atoms with Crippen LogP contribution in [0, 0.1) is 0 Å². The van der Waals surface area contributed by atoms with E-state index in [2.05, 4.69) is 5.32 Å². The lowest BCUT2D eigenvalue weighted by Gasteiger charge is -2.13. The molecule has 9 nitrogen and oxygen atoms in total.